The minimum atomic E-state index is -3.16. The van der Waals surface area contributed by atoms with Crippen LogP contribution in [0.25, 0.3) is 0 Å². The number of aliphatic carboxylic acids is 1. The normalized spacial score (nSPS) is 23.3. The van der Waals surface area contributed by atoms with Crippen LogP contribution in [-0.2, 0) is 14.6 Å². The van der Waals surface area contributed by atoms with Crippen molar-refractivity contribution in [2.24, 2.45) is 5.92 Å². The van der Waals surface area contributed by atoms with Crippen molar-refractivity contribution in [2.45, 2.75) is 49.6 Å². The smallest absolute Gasteiger partial charge is 0.317 e. The first kappa shape index (κ1) is 18.2. The highest BCUT2D eigenvalue weighted by atomic mass is 32.2. The molecule has 2 aliphatic rings. The first-order valence-electron chi connectivity index (χ1n) is 8.92. The molecule has 25 heavy (non-hydrogen) atoms. The van der Waals surface area contributed by atoms with Crippen LogP contribution in [-0.4, -0.2) is 55.3 Å². The molecule has 0 heterocycles. The van der Waals surface area contributed by atoms with Gasteiger partial charge >= 0.3 is 5.97 Å². The van der Waals surface area contributed by atoms with Gasteiger partial charge in [-0.25, -0.2) is 8.42 Å². The van der Waals surface area contributed by atoms with E-state index in [9.17, 15) is 13.2 Å². The van der Waals surface area contributed by atoms with E-state index in [4.69, 9.17) is 5.11 Å². The predicted molar refractivity (Wildman–Crippen MR) is 96.5 cm³/mol. The van der Waals surface area contributed by atoms with Gasteiger partial charge in [0.25, 0.3) is 0 Å². The van der Waals surface area contributed by atoms with Gasteiger partial charge < -0.3 is 10.4 Å². The fraction of sp³-hybridized carbons (Fsp3) is 0.611. The van der Waals surface area contributed by atoms with E-state index >= 15 is 0 Å². The van der Waals surface area contributed by atoms with E-state index in [0.717, 1.165) is 25.1 Å². The Bertz CT molecular complexity index is 707. The van der Waals surface area contributed by atoms with Crippen LogP contribution in [0.3, 0.4) is 0 Å². The number of carboxylic acids is 1. The zero-order valence-corrected chi connectivity index (χ0v) is 15.3. The second-order valence-electron chi connectivity index (χ2n) is 7.16. The van der Waals surface area contributed by atoms with Gasteiger partial charge in [-0.1, -0.05) is 6.92 Å². The van der Waals surface area contributed by atoms with Gasteiger partial charge in [0.05, 0.1) is 17.2 Å². The van der Waals surface area contributed by atoms with Gasteiger partial charge in [0, 0.05) is 24.3 Å². The summed E-state index contributed by atoms with van der Waals surface area (Å²) in [5, 5.41) is 12.5. The number of rotatable bonds is 9. The summed E-state index contributed by atoms with van der Waals surface area (Å²) in [6, 6.07) is 7.52. The number of carboxylic acid groups (broad SMARTS) is 1. The first-order chi connectivity index (χ1) is 11.9. The Morgan fingerprint density at radius 1 is 1.24 bits per heavy atom. The Balaban J connectivity index is 1.51. The van der Waals surface area contributed by atoms with Crippen LogP contribution in [0.2, 0.25) is 0 Å². The van der Waals surface area contributed by atoms with Gasteiger partial charge in [-0.3, -0.25) is 9.69 Å². The van der Waals surface area contributed by atoms with Crippen molar-refractivity contribution in [3.8, 4) is 0 Å². The third-order valence-electron chi connectivity index (χ3n) is 5.12. The number of nitrogens with zero attached hydrogens (tertiary/aromatic N) is 1. The van der Waals surface area contributed by atoms with E-state index in [-0.39, 0.29) is 12.3 Å². The van der Waals surface area contributed by atoms with E-state index in [1.807, 2.05) is 0 Å². The lowest BCUT2D eigenvalue weighted by Gasteiger charge is -2.43. The molecule has 2 saturated carbocycles. The molecule has 2 N–H and O–H groups in total. The molecule has 0 spiro atoms. The Morgan fingerprint density at radius 2 is 1.88 bits per heavy atom. The number of hydrogen-bond donors (Lipinski definition) is 2. The van der Waals surface area contributed by atoms with Crippen LogP contribution in [0.5, 0.6) is 0 Å². The standard InChI is InChI=1S/C18H26N2O4S/c1-2-25(23,24)17-7-5-14(6-8-17)19-15-9-16(10-15)20(12-18(21)22)11-13-3-4-13/h5-8,13,15-16,19H,2-4,9-12H2,1H3,(H,21,22). The van der Waals surface area contributed by atoms with Crippen LogP contribution in [0.1, 0.15) is 32.6 Å². The summed E-state index contributed by atoms with van der Waals surface area (Å²) in [6.07, 6.45) is 4.29. The largest absolute Gasteiger partial charge is 0.480 e. The van der Waals surface area contributed by atoms with E-state index in [1.54, 1.807) is 31.2 Å². The second-order valence-corrected chi connectivity index (χ2v) is 9.44. The number of nitrogens with one attached hydrogen (secondary N) is 1. The van der Waals surface area contributed by atoms with E-state index in [2.05, 4.69) is 10.2 Å². The highest BCUT2D eigenvalue weighted by molar-refractivity contribution is 7.91. The van der Waals surface area contributed by atoms with Crippen molar-refractivity contribution in [3.63, 3.8) is 0 Å². The predicted octanol–water partition coefficient (Wildman–Crippen LogP) is 2.22. The molecule has 0 aromatic heterocycles. The van der Waals surface area contributed by atoms with Gasteiger partial charge in [-0.05, 0) is 55.9 Å². The zero-order valence-electron chi connectivity index (χ0n) is 14.5. The van der Waals surface area contributed by atoms with Gasteiger partial charge in [0.15, 0.2) is 9.84 Å². The van der Waals surface area contributed by atoms with Crippen molar-refractivity contribution in [3.05, 3.63) is 24.3 Å². The average molecular weight is 366 g/mol. The molecule has 7 heteroatoms. The summed E-state index contributed by atoms with van der Waals surface area (Å²) in [4.78, 5) is 13.5. The lowest BCUT2D eigenvalue weighted by atomic mass is 9.85. The summed E-state index contributed by atoms with van der Waals surface area (Å²) in [7, 11) is -3.16. The Hall–Kier alpha value is -1.60. The van der Waals surface area contributed by atoms with Gasteiger partial charge in [-0.2, -0.15) is 0 Å². The number of anilines is 1. The summed E-state index contributed by atoms with van der Waals surface area (Å²) < 4.78 is 23.7. The molecule has 6 nitrogen and oxygen atoms in total. The molecule has 138 valence electrons. The Labute approximate surface area is 149 Å². The van der Waals surface area contributed by atoms with Crippen LogP contribution in [0.4, 0.5) is 5.69 Å². The third kappa shape index (κ3) is 4.73. The lowest BCUT2D eigenvalue weighted by Crippen LogP contribution is -2.52. The van der Waals surface area contributed by atoms with E-state index < -0.39 is 15.8 Å². The molecule has 0 radical (unpaired) electrons. The van der Waals surface area contributed by atoms with Crippen molar-refractivity contribution in [1.82, 2.24) is 4.90 Å². The van der Waals surface area contributed by atoms with Crippen LogP contribution in [0.15, 0.2) is 29.2 Å². The van der Waals surface area contributed by atoms with Crippen LogP contribution >= 0.6 is 0 Å². The zero-order chi connectivity index (χ0) is 18.0. The number of benzene rings is 1. The van der Waals surface area contributed by atoms with Gasteiger partial charge in [-0.15, -0.1) is 0 Å². The van der Waals surface area contributed by atoms with Crippen LogP contribution < -0.4 is 5.32 Å². The minimum Gasteiger partial charge on any atom is -0.480 e. The van der Waals surface area contributed by atoms with Crippen LogP contribution in [0, 0.1) is 5.92 Å². The molecular formula is C18H26N2O4S. The maximum Gasteiger partial charge on any atom is 0.317 e. The molecule has 0 saturated heterocycles. The molecule has 0 bridgehead atoms. The first-order valence-corrected chi connectivity index (χ1v) is 10.6. The Morgan fingerprint density at radius 3 is 2.40 bits per heavy atom. The van der Waals surface area contributed by atoms with E-state index in [0.29, 0.717) is 22.9 Å². The highest BCUT2D eigenvalue weighted by Gasteiger charge is 2.37. The second kappa shape index (κ2) is 7.33. The monoisotopic (exact) mass is 366 g/mol. The van der Waals surface area contributed by atoms with Gasteiger partial charge in [0.1, 0.15) is 0 Å². The lowest BCUT2D eigenvalue weighted by molar-refractivity contribution is -0.139. The topological polar surface area (TPSA) is 86.7 Å². The van der Waals surface area contributed by atoms with Crippen molar-refractivity contribution in [2.75, 3.05) is 24.2 Å². The molecule has 1 aromatic carbocycles. The molecular weight excluding hydrogens is 340 g/mol. The highest BCUT2D eigenvalue weighted by Crippen LogP contribution is 2.34. The van der Waals surface area contributed by atoms with Crippen molar-refractivity contribution < 1.29 is 18.3 Å². The maximum atomic E-state index is 11.8. The minimum absolute atomic E-state index is 0.102. The van der Waals surface area contributed by atoms with Crippen molar-refractivity contribution >= 4 is 21.5 Å². The van der Waals surface area contributed by atoms with E-state index in [1.165, 1.54) is 12.8 Å². The molecule has 1 aromatic rings. The molecule has 3 rings (SSSR count). The Kier molecular flexibility index (Phi) is 5.34. The number of carbonyl (C=O) groups is 1. The summed E-state index contributed by atoms with van der Waals surface area (Å²) in [5.74, 6) is 0.0222. The molecule has 2 fully saturated rings. The summed E-state index contributed by atoms with van der Waals surface area (Å²) >= 11 is 0. The quantitative estimate of drug-likeness (QED) is 0.697. The molecule has 0 unspecified atom stereocenters. The fourth-order valence-corrected chi connectivity index (χ4v) is 4.20. The number of sulfone groups is 1. The summed E-state index contributed by atoms with van der Waals surface area (Å²) in [5.41, 5.74) is 0.908. The molecule has 0 amide bonds. The average Bonchev–Trinajstić information content (AvgIpc) is 3.34. The van der Waals surface area contributed by atoms with Crippen molar-refractivity contribution in [1.29, 1.82) is 0 Å². The number of hydrogen-bond acceptors (Lipinski definition) is 5. The fourth-order valence-electron chi connectivity index (χ4n) is 3.31. The van der Waals surface area contributed by atoms with Gasteiger partial charge in [0.2, 0.25) is 0 Å². The molecule has 0 atom stereocenters. The maximum absolute atomic E-state index is 11.8. The third-order valence-corrected chi connectivity index (χ3v) is 6.87. The molecule has 2 aliphatic carbocycles. The SMILES string of the molecule is CCS(=O)(=O)c1ccc(NC2CC(N(CC(=O)O)CC3CC3)C2)cc1. The summed E-state index contributed by atoms with van der Waals surface area (Å²) in [6.45, 7) is 2.66. The molecule has 0 aliphatic heterocycles.